The Hall–Kier alpha value is -2.62. The number of carbonyl (C=O) groups is 1. The number of benzene rings is 1. The number of morpholine rings is 1. The van der Waals surface area contributed by atoms with Crippen molar-refractivity contribution in [2.24, 2.45) is 0 Å². The summed E-state index contributed by atoms with van der Waals surface area (Å²) in [5.74, 6) is 1.16. The van der Waals surface area contributed by atoms with Crippen LogP contribution in [0.2, 0.25) is 0 Å². The molecule has 152 valence electrons. The predicted octanol–water partition coefficient (Wildman–Crippen LogP) is 1.78. The van der Waals surface area contributed by atoms with E-state index in [-0.39, 0.29) is 11.7 Å². The molecule has 0 unspecified atom stereocenters. The van der Waals surface area contributed by atoms with E-state index in [1.165, 1.54) is 22.2 Å². The highest BCUT2D eigenvalue weighted by molar-refractivity contribution is 7.99. The van der Waals surface area contributed by atoms with Crippen molar-refractivity contribution in [1.29, 1.82) is 0 Å². The maximum atomic E-state index is 12.2. The Kier molecular flexibility index (Phi) is 6.28. The molecule has 1 fully saturated rings. The molecule has 29 heavy (non-hydrogen) atoms. The van der Waals surface area contributed by atoms with Crippen molar-refractivity contribution in [1.82, 2.24) is 10.2 Å². The van der Waals surface area contributed by atoms with Crippen molar-refractivity contribution in [3.05, 3.63) is 47.9 Å². The van der Waals surface area contributed by atoms with Crippen molar-refractivity contribution in [3.8, 4) is 11.5 Å². The lowest BCUT2D eigenvalue weighted by molar-refractivity contribution is -0.921. The molecule has 0 atom stereocenters. The first-order chi connectivity index (χ1) is 14.2. The minimum Gasteiger partial charge on any atom is -0.469 e. The molecule has 0 aliphatic carbocycles. The van der Waals surface area contributed by atoms with Crippen LogP contribution in [0.4, 0.5) is 5.69 Å². The van der Waals surface area contributed by atoms with Crippen LogP contribution in [0, 0.1) is 6.92 Å². The van der Waals surface area contributed by atoms with Gasteiger partial charge in [0.15, 0.2) is 0 Å². The van der Waals surface area contributed by atoms with Gasteiger partial charge < -0.3 is 23.8 Å². The predicted molar refractivity (Wildman–Crippen MR) is 108 cm³/mol. The summed E-state index contributed by atoms with van der Waals surface area (Å²) in [6.45, 7) is 6.52. The lowest BCUT2D eigenvalue weighted by Crippen LogP contribution is -3.12. The minimum absolute atomic E-state index is 0.124. The topological polar surface area (TPSA) is 94.8 Å². The molecule has 8 nitrogen and oxygen atoms in total. The Labute approximate surface area is 172 Å². The number of rotatable bonds is 7. The summed E-state index contributed by atoms with van der Waals surface area (Å²) < 4.78 is 16.2. The fraction of sp³-hybridized carbons (Fsp3) is 0.350. The van der Waals surface area contributed by atoms with Gasteiger partial charge in [-0.1, -0.05) is 23.9 Å². The molecule has 0 radical (unpaired) electrons. The first-order valence-electron chi connectivity index (χ1n) is 9.48. The third-order valence-electron chi connectivity index (χ3n) is 4.71. The van der Waals surface area contributed by atoms with Crippen LogP contribution in [0.5, 0.6) is 0 Å². The molecular formula is C20H23N4O4S+. The number of anilines is 1. The Bertz CT molecular complexity index is 948. The normalized spacial score (nSPS) is 14.8. The van der Waals surface area contributed by atoms with Crippen molar-refractivity contribution in [3.63, 3.8) is 0 Å². The quantitative estimate of drug-likeness (QED) is 0.568. The SMILES string of the molecule is Cc1occc1-c1nnc(SCC(=O)Nc2ccc(C[NH+]3CCOCC3)cc2)o1. The van der Waals surface area contributed by atoms with Gasteiger partial charge in [-0.05, 0) is 25.1 Å². The molecule has 2 N–H and O–H groups in total. The highest BCUT2D eigenvalue weighted by atomic mass is 32.2. The first-order valence-corrected chi connectivity index (χ1v) is 10.5. The molecule has 4 rings (SSSR count). The van der Waals surface area contributed by atoms with Gasteiger partial charge in [-0.2, -0.15) is 0 Å². The van der Waals surface area contributed by atoms with Crippen LogP contribution in [0.1, 0.15) is 11.3 Å². The van der Waals surface area contributed by atoms with Gasteiger partial charge in [-0.15, -0.1) is 10.2 Å². The zero-order valence-electron chi connectivity index (χ0n) is 16.1. The molecule has 1 amide bonds. The third-order valence-corrected chi connectivity index (χ3v) is 5.53. The Balaban J connectivity index is 1.25. The second kappa shape index (κ2) is 9.25. The number of amides is 1. The highest BCUT2D eigenvalue weighted by Gasteiger charge is 2.15. The molecule has 9 heteroatoms. The number of nitrogens with zero attached hydrogens (tertiary/aromatic N) is 2. The van der Waals surface area contributed by atoms with Crippen molar-refractivity contribution < 1.29 is 23.3 Å². The second-order valence-corrected chi connectivity index (χ2v) is 7.76. The maximum Gasteiger partial charge on any atom is 0.277 e. The smallest absolute Gasteiger partial charge is 0.277 e. The van der Waals surface area contributed by atoms with Gasteiger partial charge in [-0.3, -0.25) is 4.79 Å². The summed E-state index contributed by atoms with van der Waals surface area (Å²) in [5, 5.41) is 11.2. The number of furan rings is 1. The highest BCUT2D eigenvalue weighted by Crippen LogP contribution is 2.26. The first kappa shape index (κ1) is 19.7. The number of hydrogen-bond donors (Lipinski definition) is 2. The van der Waals surface area contributed by atoms with Crippen molar-refractivity contribution in [2.75, 3.05) is 37.4 Å². The number of aromatic nitrogens is 2. The second-order valence-electron chi connectivity index (χ2n) is 6.84. The van der Waals surface area contributed by atoms with E-state index >= 15 is 0 Å². The van der Waals surface area contributed by atoms with Gasteiger partial charge in [0.25, 0.3) is 11.1 Å². The number of ether oxygens (including phenoxy) is 1. The number of quaternary nitrogens is 1. The van der Waals surface area contributed by atoms with E-state index in [1.54, 1.807) is 12.3 Å². The van der Waals surface area contributed by atoms with Gasteiger partial charge in [0.2, 0.25) is 5.91 Å². The van der Waals surface area contributed by atoms with Gasteiger partial charge in [0, 0.05) is 11.3 Å². The van der Waals surface area contributed by atoms with Gasteiger partial charge >= 0.3 is 0 Å². The van der Waals surface area contributed by atoms with Crippen LogP contribution in [0.15, 0.2) is 50.7 Å². The van der Waals surface area contributed by atoms with Crippen molar-refractivity contribution >= 4 is 23.4 Å². The van der Waals surface area contributed by atoms with Gasteiger partial charge in [-0.25, -0.2) is 0 Å². The Morgan fingerprint density at radius 1 is 1.17 bits per heavy atom. The maximum absolute atomic E-state index is 12.2. The molecule has 1 saturated heterocycles. The molecule has 0 saturated carbocycles. The van der Waals surface area contributed by atoms with Gasteiger partial charge in [0.05, 0.1) is 30.8 Å². The average Bonchev–Trinajstić information content (AvgIpc) is 3.37. The lowest BCUT2D eigenvalue weighted by atomic mass is 10.2. The van der Waals surface area contributed by atoms with E-state index in [4.69, 9.17) is 13.6 Å². The molecule has 0 spiro atoms. The molecule has 0 bridgehead atoms. The van der Waals surface area contributed by atoms with Crippen LogP contribution >= 0.6 is 11.8 Å². The van der Waals surface area contributed by atoms with E-state index in [0.29, 0.717) is 16.9 Å². The average molecular weight is 415 g/mol. The summed E-state index contributed by atoms with van der Waals surface area (Å²) in [5.41, 5.74) is 2.78. The van der Waals surface area contributed by atoms with Crippen LogP contribution in [-0.2, 0) is 16.1 Å². The minimum atomic E-state index is -0.124. The zero-order valence-corrected chi connectivity index (χ0v) is 17.0. The number of thioether (sulfide) groups is 1. The number of aryl methyl sites for hydroxylation is 1. The Morgan fingerprint density at radius 2 is 1.97 bits per heavy atom. The molecule has 1 aromatic carbocycles. The molecule has 1 aliphatic rings. The number of hydrogen-bond acceptors (Lipinski definition) is 7. The summed E-state index contributed by atoms with van der Waals surface area (Å²) in [4.78, 5) is 13.7. The summed E-state index contributed by atoms with van der Waals surface area (Å²) in [6.07, 6.45) is 1.57. The van der Waals surface area contributed by atoms with E-state index in [2.05, 4.69) is 27.6 Å². The summed E-state index contributed by atoms with van der Waals surface area (Å²) >= 11 is 1.20. The standard InChI is InChI=1S/C20H22N4O4S/c1-14-17(6-9-27-14)19-22-23-20(28-19)29-13-18(25)21-16-4-2-15(3-5-16)12-24-7-10-26-11-8-24/h2-6,9H,7-8,10-13H2,1H3,(H,21,25)/p+1. The number of carbonyl (C=O) groups excluding carboxylic acids is 1. The molecular weight excluding hydrogens is 392 g/mol. The lowest BCUT2D eigenvalue weighted by Gasteiger charge is -2.23. The summed E-state index contributed by atoms with van der Waals surface area (Å²) in [6, 6.07) is 9.76. The van der Waals surface area contributed by atoms with Crippen LogP contribution < -0.4 is 10.2 Å². The van der Waals surface area contributed by atoms with E-state index in [0.717, 1.165) is 44.1 Å². The van der Waals surface area contributed by atoms with Crippen LogP contribution in [-0.4, -0.2) is 48.2 Å². The monoisotopic (exact) mass is 415 g/mol. The molecule has 3 heterocycles. The van der Waals surface area contributed by atoms with E-state index in [1.807, 2.05) is 19.1 Å². The van der Waals surface area contributed by atoms with E-state index < -0.39 is 0 Å². The zero-order chi connectivity index (χ0) is 20.1. The molecule has 2 aromatic heterocycles. The number of nitrogens with one attached hydrogen (secondary N) is 2. The fourth-order valence-corrected chi connectivity index (χ4v) is 3.70. The van der Waals surface area contributed by atoms with E-state index in [9.17, 15) is 4.79 Å². The largest absolute Gasteiger partial charge is 0.469 e. The van der Waals surface area contributed by atoms with Crippen molar-refractivity contribution in [2.45, 2.75) is 18.7 Å². The van der Waals surface area contributed by atoms with Crippen LogP contribution in [0.25, 0.3) is 11.5 Å². The Morgan fingerprint density at radius 3 is 2.69 bits per heavy atom. The molecule has 1 aliphatic heterocycles. The van der Waals surface area contributed by atoms with Crippen LogP contribution in [0.3, 0.4) is 0 Å². The fourth-order valence-electron chi connectivity index (χ4n) is 3.14. The molecule has 3 aromatic rings. The van der Waals surface area contributed by atoms with Gasteiger partial charge in [0.1, 0.15) is 25.4 Å². The summed E-state index contributed by atoms with van der Waals surface area (Å²) in [7, 11) is 0. The third kappa shape index (κ3) is 5.26.